The molecule has 2 aliphatic rings. The van der Waals surface area contributed by atoms with Gasteiger partial charge < -0.3 is 4.90 Å². The molecule has 1 atom stereocenters. The van der Waals surface area contributed by atoms with E-state index in [4.69, 9.17) is 0 Å². The van der Waals surface area contributed by atoms with Crippen LogP contribution < -0.4 is 0 Å². The zero-order chi connectivity index (χ0) is 9.64. The van der Waals surface area contributed by atoms with Gasteiger partial charge in [0.2, 0.25) is 5.91 Å². The van der Waals surface area contributed by atoms with E-state index in [-0.39, 0.29) is 5.41 Å². The van der Waals surface area contributed by atoms with Gasteiger partial charge in [0.05, 0.1) is 0 Å². The van der Waals surface area contributed by atoms with Crippen LogP contribution in [0.15, 0.2) is 0 Å². The number of carbonyl (C=O) groups is 1. The SMILES string of the molecule is CC(C)C1CCN1C(=O)C1(C)CC1. The van der Waals surface area contributed by atoms with Gasteiger partial charge in [0, 0.05) is 18.0 Å². The first-order valence-corrected chi connectivity index (χ1v) is 5.36. The number of nitrogens with zero attached hydrogens (tertiary/aromatic N) is 1. The van der Waals surface area contributed by atoms with E-state index in [2.05, 4.69) is 25.7 Å². The Balaban J connectivity index is 1.98. The van der Waals surface area contributed by atoms with Crippen LogP contribution >= 0.6 is 0 Å². The lowest BCUT2D eigenvalue weighted by molar-refractivity contribution is -0.146. The Morgan fingerprint density at radius 1 is 1.46 bits per heavy atom. The second kappa shape index (κ2) is 2.73. The van der Waals surface area contributed by atoms with Gasteiger partial charge in [-0.1, -0.05) is 20.8 Å². The van der Waals surface area contributed by atoms with Gasteiger partial charge in [0.25, 0.3) is 0 Å². The summed E-state index contributed by atoms with van der Waals surface area (Å²) in [5, 5.41) is 0. The summed E-state index contributed by atoms with van der Waals surface area (Å²) in [6.07, 6.45) is 3.42. The lowest BCUT2D eigenvalue weighted by atomic mass is 9.90. The Morgan fingerprint density at radius 2 is 2.08 bits per heavy atom. The third-order valence-corrected chi connectivity index (χ3v) is 3.61. The Labute approximate surface area is 80.3 Å². The van der Waals surface area contributed by atoms with Crippen LogP contribution in [0.4, 0.5) is 0 Å². The van der Waals surface area contributed by atoms with Crippen molar-refractivity contribution in [1.29, 1.82) is 0 Å². The second-order valence-corrected chi connectivity index (χ2v) is 5.16. The predicted octanol–water partition coefficient (Wildman–Crippen LogP) is 2.04. The molecule has 1 unspecified atom stereocenters. The third kappa shape index (κ3) is 1.36. The molecule has 0 bridgehead atoms. The molecule has 0 spiro atoms. The van der Waals surface area contributed by atoms with E-state index < -0.39 is 0 Å². The molecular weight excluding hydrogens is 162 g/mol. The molecule has 2 fully saturated rings. The summed E-state index contributed by atoms with van der Waals surface area (Å²) in [7, 11) is 0. The third-order valence-electron chi connectivity index (χ3n) is 3.61. The fourth-order valence-electron chi connectivity index (χ4n) is 2.10. The summed E-state index contributed by atoms with van der Waals surface area (Å²) in [6.45, 7) is 7.51. The highest BCUT2D eigenvalue weighted by Crippen LogP contribution is 2.48. The van der Waals surface area contributed by atoms with Crippen molar-refractivity contribution in [3.63, 3.8) is 0 Å². The minimum atomic E-state index is 0.0353. The maximum atomic E-state index is 12.0. The van der Waals surface area contributed by atoms with Crippen LogP contribution in [0.1, 0.15) is 40.0 Å². The van der Waals surface area contributed by atoms with Gasteiger partial charge in [-0.15, -0.1) is 0 Å². The fraction of sp³-hybridized carbons (Fsp3) is 0.909. The van der Waals surface area contributed by atoms with Crippen molar-refractivity contribution in [2.24, 2.45) is 11.3 Å². The first-order valence-electron chi connectivity index (χ1n) is 5.36. The summed E-state index contributed by atoms with van der Waals surface area (Å²) in [5.41, 5.74) is 0.0353. The smallest absolute Gasteiger partial charge is 0.228 e. The lowest BCUT2D eigenvalue weighted by Gasteiger charge is -2.45. The van der Waals surface area contributed by atoms with E-state index in [1.54, 1.807) is 0 Å². The Morgan fingerprint density at radius 3 is 2.38 bits per heavy atom. The van der Waals surface area contributed by atoms with Crippen molar-refractivity contribution in [2.45, 2.75) is 46.1 Å². The molecule has 1 saturated heterocycles. The molecule has 1 heterocycles. The normalized spacial score (nSPS) is 30.2. The van der Waals surface area contributed by atoms with Crippen molar-refractivity contribution in [3.8, 4) is 0 Å². The largest absolute Gasteiger partial charge is 0.339 e. The molecule has 2 rings (SSSR count). The van der Waals surface area contributed by atoms with Crippen molar-refractivity contribution >= 4 is 5.91 Å². The first-order chi connectivity index (χ1) is 6.04. The molecule has 13 heavy (non-hydrogen) atoms. The molecule has 1 saturated carbocycles. The van der Waals surface area contributed by atoms with Crippen molar-refractivity contribution in [3.05, 3.63) is 0 Å². The maximum Gasteiger partial charge on any atom is 0.228 e. The van der Waals surface area contributed by atoms with Gasteiger partial charge in [0.1, 0.15) is 0 Å². The Kier molecular flexibility index (Phi) is 1.90. The number of likely N-dealkylation sites (tertiary alicyclic amines) is 1. The van der Waals surface area contributed by atoms with E-state index in [1.807, 2.05) is 0 Å². The van der Waals surface area contributed by atoms with Crippen LogP contribution in [0, 0.1) is 11.3 Å². The molecule has 1 amide bonds. The van der Waals surface area contributed by atoms with Crippen LogP contribution in [0.3, 0.4) is 0 Å². The molecule has 0 aromatic heterocycles. The van der Waals surface area contributed by atoms with E-state index >= 15 is 0 Å². The zero-order valence-electron chi connectivity index (χ0n) is 8.84. The topological polar surface area (TPSA) is 20.3 Å². The minimum absolute atomic E-state index is 0.0353. The van der Waals surface area contributed by atoms with E-state index in [0.717, 1.165) is 19.4 Å². The molecule has 74 valence electrons. The van der Waals surface area contributed by atoms with Gasteiger partial charge in [-0.25, -0.2) is 0 Å². The zero-order valence-corrected chi connectivity index (χ0v) is 8.84. The molecule has 2 heteroatoms. The number of amides is 1. The lowest BCUT2D eigenvalue weighted by Crippen LogP contribution is -2.55. The molecule has 2 nitrogen and oxygen atoms in total. The standard InChI is InChI=1S/C11H19NO/c1-8(2)9-4-7-12(9)10(13)11(3)5-6-11/h8-9H,4-7H2,1-3H3. The van der Waals surface area contributed by atoms with Crippen molar-refractivity contribution in [2.75, 3.05) is 6.54 Å². The average molecular weight is 181 g/mol. The summed E-state index contributed by atoms with van der Waals surface area (Å²) in [5.74, 6) is 1.04. The number of carbonyl (C=O) groups excluding carboxylic acids is 1. The van der Waals surface area contributed by atoms with Crippen LogP contribution in [-0.2, 0) is 4.79 Å². The molecule has 0 aromatic rings. The molecule has 0 aromatic carbocycles. The minimum Gasteiger partial charge on any atom is -0.339 e. The summed E-state index contributed by atoms with van der Waals surface area (Å²) in [6, 6.07) is 0.532. The highest BCUT2D eigenvalue weighted by molar-refractivity contribution is 5.85. The van der Waals surface area contributed by atoms with Crippen molar-refractivity contribution < 1.29 is 4.79 Å². The molecule has 0 N–H and O–H groups in total. The van der Waals surface area contributed by atoms with Crippen LogP contribution in [0.5, 0.6) is 0 Å². The van der Waals surface area contributed by atoms with Gasteiger partial charge >= 0.3 is 0 Å². The van der Waals surface area contributed by atoms with Crippen molar-refractivity contribution in [1.82, 2.24) is 4.90 Å². The fourth-order valence-corrected chi connectivity index (χ4v) is 2.10. The van der Waals surface area contributed by atoms with Gasteiger partial charge in [-0.3, -0.25) is 4.79 Å². The van der Waals surface area contributed by atoms with E-state index in [9.17, 15) is 4.79 Å². The van der Waals surface area contributed by atoms with E-state index in [1.165, 1.54) is 6.42 Å². The second-order valence-electron chi connectivity index (χ2n) is 5.16. The number of rotatable bonds is 2. The number of hydrogen-bond donors (Lipinski definition) is 0. The monoisotopic (exact) mass is 181 g/mol. The van der Waals surface area contributed by atoms with Crippen LogP contribution in [-0.4, -0.2) is 23.4 Å². The van der Waals surface area contributed by atoms with Gasteiger partial charge in [-0.2, -0.15) is 0 Å². The van der Waals surface area contributed by atoms with Gasteiger partial charge in [-0.05, 0) is 25.2 Å². The summed E-state index contributed by atoms with van der Waals surface area (Å²) in [4.78, 5) is 14.0. The van der Waals surface area contributed by atoms with E-state index in [0.29, 0.717) is 17.9 Å². The quantitative estimate of drug-likeness (QED) is 0.638. The Bertz CT molecular complexity index is 230. The molecule has 1 aliphatic heterocycles. The summed E-state index contributed by atoms with van der Waals surface area (Å²) >= 11 is 0. The Hall–Kier alpha value is -0.530. The number of hydrogen-bond acceptors (Lipinski definition) is 1. The molecule has 1 aliphatic carbocycles. The average Bonchev–Trinajstić information content (AvgIpc) is 2.65. The van der Waals surface area contributed by atoms with Gasteiger partial charge in [0.15, 0.2) is 0 Å². The maximum absolute atomic E-state index is 12.0. The predicted molar refractivity (Wildman–Crippen MR) is 52.3 cm³/mol. The highest BCUT2D eigenvalue weighted by atomic mass is 16.2. The first kappa shape index (κ1) is 9.04. The molecular formula is C11H19NO. The molecule has 0 radical (unpaired) electrons. The summed E-state index contributed by atoms with van der Waals surface area (Å²) < 4.78 is 0. The van der Waals surface area contributed by atoms with Crippen LogP contribution in [0.2, 0.25) is 0 Å². The van der Waals surface area contributed by atoms with Crippen LogP contribution in [0.25, 0.3) is 0 Å². The highest BCUT2D eigenvalue weighted by Gasteiger charge is 2.50.